The van der Waals surface area contributed by atoms with E-state index in [1.54, 1.807) is 12.1 Å². The molecule has 1 aliphatic heterocycles. The number of anilines is 1. The molecule has 2 N–H and O–H groups in total. The summed E-state index contributed by atoms with van der Waals surface area (Å²) in [5.41, 5.74) is 8.98. The van der Waals surface area contributed by atoms with Crippen LogP contribution in [0.1, 0.15) is 84.3 Å². The lowest BCUT2D eigenvalue weighted by atomic mass is 9.85. The fourth-order valence-corrected chi connectivity index (χ4v) is 6.31. The fraction of sp³-hybridized carbons (Fsp3) is 0.464. The maximum Gasteiger partial charge on any atom is 0.417 e. The first-order valence-corrected chi connectivity index (χ1v) is 12.8. The minimum Gasteiger partial charge on any atom is -0.383 e. The number of rotatable bonds is 4. The van der Waals surface area contributed by atoms with Crippen LogP contribution in [0.3, 0.4) is 0 Å². The number of nitrogen functional groups attached to an aromatic ring is 1. The molecule has 9 heteroatoms. The van der Waals surface area contributed by atoms with Gasteiger partial charge in [-0.1, -0.05) is 19.3 Å². The smallest absolute Gasteiger partial charge is 0.383 e. The Hall–Kier alpha value is -3.20. The molecule has 1 amide bonds. The Morgan fingerprint density at radius 2 is 1.97 bits per heavy atom. The van der Waals surface area contributed by atoms with Crippen molar-refractivity contribution in [2.75, 3.05) is 5.73 Å². The molecule has 37 heavy (non-hydrogen) atoms. The van der Waals surface area contributed by atoms with Gasteiger partial charge in [0, 0.05) is 28.8 Å². The van der Waals surface area contributed by atoms with E-state index in [0.29, 0.717) is 29.2 Å². The maximum atomic E-state index is 14.0. The van der Waals surface area contributed by atoms with Crippen molar-refractivity contribution in [3.8, 4) is 0 Å². The molecule has 0 bridgehead atoms. The predicted molar refractivity (Wildman–Crippen MR) is 132 cm³/mol. The normalized spacial score (nSPS) is 22.3. The Balaban J connectivity index is 1.35. The highest BCUT2D eigenvalue weighted by Gasteiger charge is 2.57. The van der Waals surface area contributed by atoms with Gasteiger partial charge in [-0.2, -0.15) is 13.2 Å². The van der Waals surface area contributed by atoms with Crippen LogP contribution in [-0.2, 0) is 24.1 Å². The van der Waals surface area contributed by atoms with E-state index in [9.17, 15) is 18.0 Å². The lowest BCUT2D eigenvalue weighted by Crippen LogP contribution is -2.36. The highest BCUT2D eigenvalue weighted by atomic mass is 19.4. The van der Waals surface area contributed by atoms with Gasteiger partial charge in [-0.15, -0.1) is 0 Å². The SMILES string of the molecule is C[C@H]1OCc2c1c(N)nc1ccc(C(=O)N(Cc3ccc(C(F)(F)F)cn3)[C@H]3CC34CCCCC4)cc21. The molecule has 2 atom stereocenters. The Kier molecular flexibility index (Phi) is 5.67. The van der Waals surface area contributed by atoms with Crippen LogP contribution in [0.5, 0.6) is 0 Å². The summed E-state index contributed by atoms with van der Waals surface area (Å²) < 4.78 is 45.0. The van der Waals surface area contributed by atoms with Gasteiger partial charge in [0.1, 0.15) is 5.82 Å². The second-order valence-corrected chi connectivity index (χ2v) is 10.7. The Morgan fingerprint density at radius 1 is 1.19 bits per heavy atom. The van der Waals surface area contributed by atoms with Gasteiger partial charge in [-0.05, 0) is 67.5 Å². The zero-order valence-electron chi connectivity index (χ0n) is 20.6. The van der Waals surface area contributed by atoms with Gasteiger partial charge in [0.2, 0.25) is 0 Å². The zero-order valence-corrected chi connectivity index (χ0v) is 20.6. The number of hydrogen-bond donors (Lipinski definition) is 1. The molecule has 6 nitrogen and oxygen atoms in total. The number of nitrogens with zero attached hydrogens (tertiary/aromatic N) is 3. The van der Waals surface area contributed by atoms with E-state index < -0.39 is 11.7 Å². The quantitative estimate of drug-likeness (QED) is 0.453. The van der Waals surface area contributed by atoms with Gasteiger partial charge in [0.25, 0.3) is 5.91 Å². The van der Waals surface area contributed by atoms with Crippen molar-refractivity contribution in [3.05, 3.63) is 64.5 Å². The molecule has 194 valence electrons. The third-order valence-electron chi connectivity index (χ3n) is 8.41. The third-order valence-corrected chi connectivity index (χ3v) is 8.41. The number of carbonyl (C=O) groups is 1. The molecule has 0 saturated heterocycles. The third kappa shape index (κ3) is 4.23. The van der Waals surface area contributed by atoms with Crippen LogP contribution >= 0.6 is 0 Å². The molecule has 1 spiro atoms. The number of fused-ring (bicyclic) bond motifs is 3. The summed E-state index contributed by atoms with van der Waals surface area (Å²) in [6, 6.07) is 7.88. The van der Waals surface area contributed by atoms with E-state index in [4.69, 9.17) is 10.5 Å². The molecule has 6 rings (SSSR count). The van der Waals surface area contributed by atoms with E-state index in [1.807, 2.05) is 17.9 Å². The van der Waals surface area contributed by atoms with Gasteiger partial charge in [-0.3, -0.25) is 9.78 Å². The van der Waals surface area contributed by atoms with Crippen LogP contribution in [0.2, 0.25) is 0 Å². The second-order valence-electron chi connectivity index (χ2n) is 10.7. The fourth-order valence-electron chi connectivity index (χ4n) is 6.31. The largest absolute Gasteiger partial charge is 0.417 e. The van der Waals surface area contributed by atoms with Crippen LogP contribution in [0.25, 0.3) is 10.9 Å². The van der Waals surface area contributed by atoms with Crippen molar-refractivity contribution < 1.29 is 22.7 Å². The van der Waals surface area contributed by atoms with Gasteiger partial charge >= 0.3 is 6.18 Å². The summed E-state index contributed by atoms with van der Waals surface area (Å²) in [6.45, 7) is 2.50. The minimum atomic E-state index is -4.45. The van der Waals surface area contributed by atoms with Crippen LogP contribution in [-0.4, -0.2) is 26.8 Å². The first-order chi connectivity index (χ1) is 17.7. The van der Waals surface area contributed by atoms with Gasteiger partial charge in [0.15, 0.2) is 0 Å². The van der Waals surface area contributed by atoms with Crippen LogP contribution < -0.4 is 5.73 Å². The molecular weight excluding hydrogens is 481 g/mol. The number of benzene rings is 1. The van der Waals surface area contributed by atoms with E-state index in [2.05, 4.69) is 9.97 Å². The molecule has 0 radical (unpaired) electrons. The highest BCUT2D eigenvalue weighted by Crippen LogP contribution is 2.59. The number of amides is 1. The van der Waals surface area contributed by atoms with Crippen LogP contribution in [0.4, 0.5) is 19.0 Å². The summed E-state index contributed by atoms with van der Waals surface area (Å²) in [7, 11) is 0. The van der Waals surface area contributed by atoms with Crippen molar-refractivity contribution in [1.82, 2.24) is 14.9 Å². The van der Waals surface area contributed by atoms with E-state index in [1.165, 1.54) is 12.5 Å². The first-order valence-electron chi connectivity index (χ1n) is 12.8. The summed E-state index contributed by atoms with van der Waals surface area (Å²) in [5, 5.41) is 0.843. The Bertz CT molecular complexity index is 1370. The van der Waals surface area contributed by atoms with Crippen molar-refractivity contribution in [3.63, 3.8) is 0 Å². The molecule has 2 saturated carbocycles. The lowest BCUT2D eigenvalue weighted by molar-refractivity contribution is -0.137. The molecule has 3 aliphatic rings. The number of ether oxygens (including phenoxy) is 1. The molecule has 2 fully saturated rings. The maximum absolute atomic E-state index is 14.0. The molecule has 3 aromatic rings. The topological polar surface area (TPSA) is 81.3 Å². The summed E-state index contributed by atoms with van der Waals surface area (Å²) in [6.07, 6.45) is 2.80. The lowest BCUT2D eigenvalue weighted by Gasteiger charge is -2.29. The molecular formula is C28H29F3N4O2. The zero-order chi connectivity index (χ0) is 25.9. The van der Waals surface area contributed by atoms with Crippen molar-refractivity contribution in [1.29, 1.82) is 0 Å². The summed E-state index contributed by atoms with van der Waals surface area (Å²) in [5.74, 6) is 0.299. The highest BCUT2D eigenvalue weighted by molar-refractivity contribution is 5.99. The predicted octanol–water partition coefficient (Wildman–Crippen LogP) is 6.19. The summed E-state index contributed by atoms with van der Waals surface area (Å²) >= 11 is 0. The number of alkyl halides is 3. The van der Waals surface area contributed by atoms with Crippen LogP contribution in [0, 0.1) is 5.41 Å². The standard InChI is InChI=1S/C28H29F3N4O2/c1-16-24-21(15-37-16)20-11-17(5-8-22(20)34-25(24)32)26(36)35(23-12-27(23)9-3-2-4-10-27)14-19-7-6-18(13-33-19)28(29,30)31/h5-8,11,13,16,23H,2-4,9-10,12,14-15H2,1H3,(H2,32,34)/t16-,23+/m1/s1. The Morgan fingerprint density at radius 3 is 2.68 bits per heavy atom. The van der Waals surface area contributed by atoms with E-state index in [0.717, 1.165) is 60.9 Å². The monoisotopic (exact) mass is 510 g/mol. The van der Waals surface area contributed by atoms with Gasteiger partial charge in [0.05, 0.1) is 36.0 Å². The second kappa shape index (κ2) is 8.68. The first kappa shape index (κ1) is 24.2. The molecule has 2 aliphatic carbocycles. The molecule has 3 heterocycles. The van der Waals surface area contributed by atoms with E-state index in [-0.39, 0.29) is 30.0 Å². The van der Waals surface area contributed by atoms with Crippen molar-refractivity contribution >= 4 is 22.6 Å². The number of hydrogen-bond acceptors (Lipinski definition) is 5. The number of halogens is 3. The molecule has 2 aromatic heterocycles. The number of pyridine rings is 2. The van der Waals surface area contributed by atoms with E-state index >= 15 is 0 Å². The number of carbonyl (C=O) groups excluding carboxylic acids is 1. The number of nitrogens with two attached hydrogens (primary N) is 1. The average Bonchev–Trinajstić information content (AvgIpc) is 3.39. The van der Waals surface area contributed by atoms with Crippen molar-refractivity contribution in [2.45, 2.75) is 76.9 Å². The van der Waals surface area contributed by atoms with Gasteiger partial charge < -0.3 is 15.4 Å². The van der Waals surface area contributed by atoms with Crippen molar-refractivity contribution in [2.24, 2.45) is 5.41 Å². The molecule has 1 aromatic carbocycles. The summed E-state index contributed by atoms with van der Waals surface area (Å²) in [4.78, 5) is 24.4. The minimum absolute atomic E-state index is 0.0544. The Labute approximate surface area is 213 Å². The average molecular weight is 511 g/mol. The molecule has 0 unspecified atom stereocenters. The van der Waals surface area contributed by atoms with Crippen LogP contribution in [0.15, 0.2) is 36.5 Å². The number of aromatic nitrogens is 2. The van der Waals surface area contributed by atoms with Gasteiger partial charge in [-0.25, -0.2) is 4.98 Å².